The van der Waals surface area contributed by atoms with E-state index in [1.807, 2.05) is 36.4 Å². The number of anilines is 1. The fourth-order valence-electron chi connectivity index (χ4n) is 3.56. The summed E-state index contributed by atoms with van der Waals surface area (Å²) >= 11 is 4.53. The number of hydrogen-bond acceptors (Lipinski definition) is 5. The fraction of sp³-hybridized carbons (Fsp3) is 0.125. The largest absolute Gasteiger partial charge is 0.455 e. The van der Waals surface area contributed by atoms with Crippen LogP contribution in [-0.2, 0) is 0 Å². The van der Waals surface area contributed by atoms with Crippen LogP contribution in [0.5, 0.6) is 0 Å². The average Bonchev–Trinajstić information content (AvgIpc) is 3.17. The first-order valence-electron chi connectivity index (χ1n) is 9.74. The van der Waals surface area contributed by atoms with Gasteiger partial charge in [0.05, 0.1) is 24.4 Å². The quantitative estimate of drug-likeness (QED) is 0.376. The number of thiol groups is 1. The number of furan rings is 1. The second-order valence-electron chi connectivity index (χ2n) is 6.97. The molecule has 0 atom stereocenters. The molecule has 0 aliphatic rings. The minimum absolute atomic E-state index is 0.0712. The second kappa shape index (κ2) is 8.83. The first-order valence-corrected chi connectivity index (χ1v) is 10.1. The maximum absolute atomic E-state index is 13.4. The molecule has 0 bridgehead atoms. The molecule has 5 nitrogen and oxygen atoms in total. The molecule has 1 aromatic heterocycles. The molecule has 0 unspecified atom stereocenters. The van der Waals surface area contributed by atoms with Gasteiger partial charge in [-0.2, -0.15) is 0 Å². The number of nitrogens with zero attached hydrogens (tertiary/aromatic N) is 1. The highest BCUT2D eigenvalue weighted by atomic mass is 32.1. The Bertz CT molecular complexity index is 1220. The summed E-state index contributed by atoms with van der Waals surface area (Å²) in [6.07, 6.45) is 0. The van der Waals surface area contributed by atoms with Gasteiger partial charge >= 0.3 is 0 Å². The van der Waals surface area contributed by atoms with Gasteiger partial charge in [-0.1, -0.05) is 43.1 Å². The predicted octanol–water partition coefficient (Wildman–Crippen LogP) is 4.91. The summed E-state index contributed by atoms with van der Waals surface area (Å²) in [5, 5.41) is 12.7. The molecule has 7 heteroatoms. The molecule has 31 heavy (non-hydrogen) atoms. The van der Waals surface area contributed by atoms with Crippen molar-refractivity contribution in [3.63, 3.8) is 0 Å². The third-order valence-corrected chi connectivity index (χ3v) is 5.46. The van der Waals surface area contributed by atoms with E-state index in [0.717, 1.165) is 16.8 Å². The molecule has 0 aliphatic heterocycles. The van der Waals surface area contributed by atoms with Crippen LogP contribution in [0.1, 0.15) is 10.4 Å². The zero-order valence-electron chi connectivity index (χ0n) is 16.8. The summed E-state index contributed by atoms with van der Waals surface area (Å²) in [5.41, 5.74) is 3.97. The van der Waals surface area contributed by atoms with Gasteiger partial charge in [0.15, 0.2) is 0 Å². The first kappa shape index (κ1) is 21.0. The van der Waals surface area contributed by atoms with Crippen LogP contribution in [-0.4, -0.2) is 31.2 Å². The lowest BCUT2D eigenvalue weighted by Gasteiger charge is -2.20. The van der Waals surface area contributed by atoms with E-state index in [1.54, 1.807) is 29.6 Å². The molecule has 4 aromatic rings. The topological polar surface area (TPSA) is 65.7 Å². The van der Waals surface area contributed by atoms with E-state index in [9.17, 15) is 14.3 Å². The second-order valence-corrected chi connectivity index (χ2v) is 7.45. The standard InChI is InChI=1S/C24H21FN2O3S/c1-26-24(29)22-19-13-18(15-5-3-2-4-6-15)20(27(31)11-12-28)14-21(19)30-23(22)16-7-9-17(25)10-8-16/h2-10,13-14,28,31H,11-12H2,1H3,(H,26,29). The van der Waals surface area contributed by atoms with E-state index in [-0.39, 0.29) is 18.3 Å². The summed E-state index contributed by atoms with van der Waals surface area (Å²) in [6, 6.07) is 19.2. The average molecular weight is 437 g/mol. The van der Waals surface area contributed by atoms with Crippen molar-refractivity contribution < 1.29 is 18.7 Å². The Hall–Kier alpha value is -3.29. The number of fused-ring (bicyclic) bond motifs is 1. The summed E-state index contributed by atoms with van der Waals surface area (Å²) in [5.74, 6) is -0.314. The Morgan fingerprint density at radius 2 is 1.81 bits per heavy atom. The molecule has 0 spiro atoms. The fourth-order valence-corrected chi connectivity index (χ4v) is 3.82. The molecule has 1 amide bonds. The van der Waals surface area contributed by atoms with Crippen molar-refractivity contribution in [1.29, 1.82) is 0 Å². The Morgan fingerprint density at radius 1 is 1.10 bits per heavy atom. The van der Waals surface area contributed by atoms with Gasteiger partial charge in [-0.25, -0.2) is 4.39 Å². The van der Waals surface area contributed by atoms with Crippen LogP contribution < -0.4 is 9.62 Å². The van der Waals surface area contributed by atoms with Crippen LogP contribution in [0.3, 0.4) is 0 Å². The van der Waals surface area contributed by atoms with Crippen molar-refractivity contribution in [3.05, 3.63) is 78.1 Å². The zero-order valence-corrected chi connectivity index (χ0v) is 17.7. The minimum atomic E-state index is -0.371. The van der Waals surface area contributed by atoms with Gasteiger partial charge in [0.25, 0.3) is 5.91 Å². The molecular formula is C24H21FN2O3S. The van der Waals surface area contributed by atoms with Gasteiger partial charge in [0.2, 0.25) is 0 Å². The van der Waals surface area contributed by atoms with Gasteiger partial charge in [-0.15, -0.1) is 0 Å². The van der Waals surface area contributed by atoms with E-state index in [2.05, 4.69) is 18.1 Å². The van der Waals surface area contributed by atoms with Crippen molar-refractivity contribution in [2.45, 2.75) is 0 Å². The van der Waals surface area contributed by atoms with Crippen LogP contribution in [0.25, 0.3) is 33.4 Å². The molecule has 0 saturated carbocycles. The number of carbonyl (C=O) groups is 1. The maximum Gasteiger partial charge on any atom is 0.255 e. The van der Waals surface area contributed by atoms with Gasteiger partial charge < -0.3 is 19.1 Å². The zero-order chi connectivity index (χ0) is 22.0. The van der Waals surface area contributed by atoms with E-state index < -0.39 is 0 Å². The van der Waals surface area contributed by atoms with Gasteiger partial charge in [-0.05, 0) is 35.9 Å². The van der Waals surface area contributed by atoms with Crippen LogP contribution in [0.4, 0.5) is 10.1 Å². The number of aliphatic hydroxyl groups excluding tert-OH is 1. The number of benzene rings is 3. The molecule has 2 N–H and O–H groups in total. The van der Waals surface area contributed by atoms with Crippen molar-refractivity contribution in [3.8, 4) is 22.5 Å². The predicted molar refractivity (Wildman–Crippen MR) is 124 cm³/mol. The molecule has 0 fully saturated rings. The highest BCUT2D eigenvalue weighted by Gasteiger charge is 2.24. The number of halogens is 1. The maximum atomic E-state index is 13.4. The highest BCUT2D eigenvalue weighted by molar-refractivity contribution is 7.81. The molecule has 158 valence electrons. The molecule has 0 aliphatic carbocycles. The molecule has 1 heterocycles. The number of nitrogens with one attached hydrogen (secondary N) is 1. The lowest BCUT2D eigenvalue weighted by atomic mass is 9.98. The Kier molecular flexibility index (Phi) is 5.97. The Balaban J connectivity index is 2.02. The summed E-state index contributed by atoms with van der Waals surface area (Å²) in [4.78, 5) is 12.8. The lowest BCUT2D eigenvalue weighted by Crippen LogP contribution is -2.18. The summed E-state index contributed by atoms with van der Waals surface area (Å²) in [6.45, 7) is 0.237. The molecular weight excluding hydrogens is 415 g/mol. The van der Waals surface area contributed by atoms with Crippen LogP contribution in [0.15, 0.2) is 71.1 Å². The highest BCUT2D eigenvalue weighted by Crippen LogP contribution is 2.41. The number of aliphatic hydroxyl groups is 1. The number of carbonyl (C=O) groups excluding carboxylic acids is 1. The van der Waals surface area contributed by atoms with E-state index >= 15 is 0 Å². The van der Waals surface area contributed by atoms with Crippen molar-refractivity contribution >= 4 is 35.4 Å². The van der Waals surface area contributed by atoms with Crippen LogP contribution in [0, 0.1) is 5.82 Å². The SMILES string of the molecule is CNC(=O)c1c(-c2ccc(F)cc2)oc2cc(N(S)CCO)c(-c3ccccc3)cc12. The first-order chi connectivity index (χ1) is 15.0. The third-order valence-electron chi connectivity index (χ3n) is 5.04. The monoisotopic (exact) mass is 436 g/mol. The van der Waals surface area contributed by atoms with Gasteiger partial charge in [0.1, 0.15) is 17.2 Å². The van der Waals surface area contributed by atoms with Crippen molar-refractivity contribution in [2.75, 3.05) is 24.5 Å². The lowest BCUT2D eigenvalue weighted by molar-refractivity contribution is 0.0964. The normalized spacial score (nSPS) is 11.0. The molecule has 0 saturated heterocycles. The minimum Gasteiger partial charge on any atom is -0.455 e. The summed E-state index contributed by atoms with van der Waals surface area (Å²) < 4.78 is 21.2. The summed E-state index contributed by atoms with van der Waals surface area (Å²) in [7, 11) is 1.55. The van der Waals surface area contributed by atoms with Crippen molar-refractivity contribution in [2.24, 2.45) is 0 Å². The molecule has 0 radical (unpaired) electrons. The molecule has 4 rings (SSSR count). The van der Waals surface area contributed by atoms with Crippen LogP contribution >= 0.6 is 12.8 Å². The van der Waals surface area contributed by atoms with Gasteiger partial charge in [0, 0.05) is 29.6 Å². The van der Waals surface area contributed by atoms with Crippen molar-refractivity contribution in [1.82, 2.24) is 5.32 Å². The van der Waals surface area contributed by atoms with E-state index in [4.69, 9.17) is 4.42 Å². The number of amides is 1. The van der Waals surface area contributed by atoms with E-state index in [0.29, 0.717) is 34.4 Å². The Labute approximate surface area is 184 Å². The van der Waals surface area contributed by atoms with Crippen LogP contribution in [0.2, 0.25) is 0 Å². The third kappa shape index (κ3) is 4.02. The smallest absolute Gasteiger partial charge is 0.255 e. The number of rotatable bonds is 6. The number of hydrogen-bond donors (Lipinski definition) is 3. The molecule has 3 aromatic carbocycles. The van der Waals surface area contributed by atoms with E-state index in [1.165, 1.54) is 12.1 Å². The Morgan fingerprint density at radius 3 is 2.45 bits per heavy atom. The van der Waals surface area contributed by atoms with Gasteiger partial charge in [-0.3, -0.25) is 4.79 Å².